The van der Waals surface area contributed by atoms with Gasteiger partial charge in [0.05, 0.1) is 17.2 Å². The van der Waals surface area contributed by atoms with Gasteiger partial charge in [-0.3, -0.25) is 4.79 Å². The molecule has 1 aromatic carbocycles. The summed E-state index contributed by atoms with van der Waals surface area (Å²) in [6.07, 6.45) is 0. The zero-order chi connectivity index (χ0) is 15.4. The number of aromatic carboxylic acids is 2. The Bertz CT molecular complexity index is 521. The van der Waals surface area contributed by atoms with Gasteiger partial charge in [0.25, 0.3) is 0 Å². The first-order valence-electron chi connectivity index (χ1n) is 5.90. The predicted octanol–water partition coefficient (Wildman–Crippen LogP) is 1.00. The summed E-state index contributed by atoms with van der Waals surface area (Å²) in [5.74, 6) is -3.16. The van der Waals surface area contributed by atoms with Gasteiger partial charge in [0.1, 0.15) is 0 Å². The number of hydrogen-bond donors (Lipinski definition) is 4. The van der Waals surface area contributed by atoms with Crippen LogP contribution < -0.4 is 11.1 Å². The molecule has 0 aliphatic heterocycles. The summed E-state index contributed by atoms with van der Waals surface area (Å²) in [6.45, 7) is 3.53. The third kappa shape index (κ3) is 3.79. The van der Waals surface area contributed by atoms with Crippen molar-refractivity contribution in [2.75, 3.05) is 5.32 Å². The number of carbonyl (C=O) groups is 3. The molecule has 0 saturated heterocycles. The molecular formula is C13H16N2O5. The molecule has 0 heterocycles. The number of nitrogens with one attached hydrogen (secondary N) is 1. The van der Waals surface area contributed by atoms with Crippen LogP contribution in [0, 0.1) is 5.92 Å². The molecule has 1 rings (SSSR count). The van der Waals surface area contributed by atoms with E-state index in [1.807, 2.05) is 0 Å². The fourth-order valence-corrected chi connectivity index (χ4v) is 1.48. The summed E-state index contributed by atoms with van der Waals surface area (Å²) in [5.41, 5.74) is 5.30. The summed E-state index contributed by atoms with van der Waals surface area (Å²) in [6, 6.07) is 2.61. The average molecular weight is 280 g/mol. The van der Waals surface area contributed by atoms with Crippen LogP contribution in [-0.4, -0.2) is 34.1 Å². The number of anilines is 1. The van der Waals surface area contributed by atoms with Gasteiger partial charge in [0.2, 0.25) is 5.91 Å². The van der Waals surface area contributed by atoms with Crippen molar-refractivity contribution in [2.45, 2.75) is 19.9 Å². The zero-order valence-corrected chi connectivity index (χ0v) is 11.1. The first kappa shape index (κ1) is 15.6. The van der Waals surface area contributed by atoms with Gasteiger partial charge in [-0.2, -0.15) is 0 Å². The molecule has 0 spiro atoms. The Morgan fingerprint density at radius 2 is 1.50 bits per heavy atom. The van der Waals surface area contributed by atoms with Crippen LogP contribution in [0.25, 0.3) is 0 Å². The number of amides is 1. The molecule has 108 valence electrons. The van der Waals surface area contributed by atoms with Crippen LogP contribution in [0.1, 0.15) is 34.6 Å². The van der Waals surface area contributed by atoms with Crippen molar-refractivity contribution in [2.24, 2.45) is 11.7 Å². The molecule has 7 nitrogen and oxygen atoms in total. The van der Waals surface area contributed by atoms with Crippen molar-refractivity contribution in [3.8, 4) is 0 Å². The van der Waals surface area contributed by atoms with Gasteiger partial charge < -0.3 is 21.3 Å². The molecule has 20 heavy (non-hydrogen) atoms. The maximum Gasteiger partial charge on any atom is 0.335 e. The number of carboxylic acids is 2. The Hall–Kier alpha value is -2.41. The Morgan fingerprint density at radius 1 is 1.05 bits per heavy atom. The van der Waals surface area contributed by atoms with Crippen LogP contribution in [0.2, 0.25) is 0 Å². The van der Waals surface area contributed by atoms with E-state index in [2.05, 4.69) is 5.32 Å². The minimum Gasteiger partial charge on any atom is -0.478 e. The Balaban J connectivity index is 3.09. The summed E-state index contributed by atoms with van der Waals surface area (Å²) in [4.78, 5) is 33.6. The third-order valence-corrected chi connectivity index (χ3v) is 2.72. The highest BCUT2D eigenvalue weighted by Crippen LogP contribution is 2.16. The van der Waals surface area contributed by atoms with Gasteiger partial charge in [-0.15, -0.1) is 0 Å². The van der Waals surface area contributed by atoms with Gasteiger partial charge in [0.15, 0.2) is 0 Å². The van der Waals surface area contributed by atoms with Crippen LogP contribution in [0.3, 0.4) is 0 Å². The highest BCUT2D eigenvalue weighted by Gasteiger charge is 2.19. The van der Waals surface area contributed by atoms with E-state index < -0.39 is 23.9 Å². The van der Waals surface area contributed by atoms with E-state index in [4.69, 9.17) is 15.9 Å². The fourth-order valence-electron chi connectivity index (χ4n) is 1.48. The molecule has 0 aromatic heterocycles. The minimum absolute atomic E-state index is 0.0865. The Labute approximate surface area is 115 Å². The lowest BCUT2D eigenvalue weighted by Gasteiger charge is -2.15. The molecule has 0 radical (unpaired) electrons. The lowest BCUT2D eigenvalue weighted by atomic mass is 10.0. The molecule has 1 atom stereocenters. The molecule has 7 heteroatoms. The van der Waals surface area contributed by atoms with Gasteiger partial charge in [-0.05, 0) is 24.1 Å². The number of benzene rings is 1. The van der Waals surface area contributed by atoms with Gasteiger partial charge in [-0.25, -0.2) is 9.59 Å². The fraction of sp³-hybridized carbons (Fsp3) is 0.308. The van der Waals surface area contributed by atoms with Crippen molar-refractivity contribution in [3.63, 3.8) is 0 Å². The zero-order valence-electron chi connectivity index (χ0n) is 11.1. The van der Waals surface area contributed by atoms with E-state index in [1.54, 1.807) is 13.8 Å². The topological polar surface area (TPSA) is 130 Å². The van der Waals surface area contributed by atoms with Crippen LogP contribution in [0.15, 0.2) is 18.2 Å². The summed E-state index contributed by atoms with van der Waals surface area (Å²) < 4.78 is 0. The van der Waals surface area contributed by atoms with E-state index in [0.717, 1.165) is 6.07 Å². The average Bonchev–Trinajstić information content (AvgIpc) is 2.36. The highest BCUT2D eigenvalue weighted by molar-refractivity contribution is 5.99. The third-order valence-electron chi connectivity index (χ3n) is 2.72. The number of rotatable bonds is 5. The second-order valence-electron chi connectivity index (χ2n) is 4.67. The first-order valence-corrected chi connectivity index (χ1v) is 5.90. The summed E-state index contributed by atoms with van der Waals surface area (Å²) in [7, 11) is 0. The molecule has 0 aliphatic carbocycles. The Kier molecular flexibility index (Phi) is 4.82. The highest BCUT2D eigenvalue weighted by atomic mass is 16.4. The smallest absolute Gasteiger partial charge is 0.335 e. The molecule has 0 bridgehead atoms. The monoisotopic (exact) mass is 280 g/mol. The predicted molar refractivity (Wildman–Crippen MR) is 71.8 cm³/mol. The quantitative estimate of drug-likeness (QED) is 0.636. The van der Waals surface area contributed by atoms with E-state index >= 15 is 0 Å². The van der Waals surface area contributed by atoms with Crippen molar-refractivity contribution in [3.05, 3.63) is 29.3 Å². The summed E-state index contributed by atoms with van der Waals surface area (Å²) in [5, 5.41) is 20.3. The standard InChI is InChI=1S/C13H16N2O5/c1-6(2)10(14)11(16)15-9-4-7(12(17)18)3-8(5-9)13(19)20/h3-6,10H,14H2,1-2H3,(H,15,16)(H,17,18)(H,19,20)/t10-/m1/s1. The van der Waals surface area contributed by atoms with Gasteiger partial charge in [-0.1, -0.05) is 13.8 Å². The van der Waals surface area contributed by atoms with E-state index in [0.29, 0.717) is 0 Å². The van der Waals surface area contributed by atoms with Gasteiger partial charge in [0, 0.05) is 5.69 Å². The number of carbonyl (C=O) groups excluding carboxylic acids is 1. The molecular weight excluding hydrogens is 264 g/mol. The van der Waals surface area contributed by atoms with Crippen LogP contribution in [0.4, 0.5) is 5.69 Å². The Morgan fingerprint density at radius 3 is 1.85 bits per heavy atom. The maximum absolute atomic E-state index is 11.8. The van der Waals surface area contributed by atoms with E-state index in [-0.39, 0.29) is 22.7 Å². The molecule has 0 unspecified atom stereocenters. The minimum atomic E-state index is -1.28. The van der Waals surface area contributed by atoms with Crippen molar-refractivity contribution >= 4 is 23.5 Å². The maximum atomic E-state index is 11.8. The van der Waals surface area contributed by atoms with Crippen molar-refractivity contribution < 1.29 is 24.6 Å². The largest absolute Gasteiger partial charge is 0.478 e. The number of carboxylic acid groups (broad SMARTS) is 2. The molecule has 0 saturated carbocycles. The molecule has 5 N–H and O–H groups in total. The number of hydrogen-bond acceptors (Lipinski definition) is 4. The second-order valence-corrected chi connectivity index (χ2v) is 4.67. The van der Waals surface area contributed by atoms with Crippen LogP contribution >= 0.6 is 0 Å². The second kappa shape index (κ2) is 6.16. The first-order chi connectivity index (χ1) is 9.22. The van der Waals surface area contributed by atoms with E-state index in [1.165, 1.54) is 12.1 Å². The van der Waals surface area contributed by atoms with E-state index in [9.17, 15) is 14.4 Å². The van der Waals surface area contributed by atoms with Crippen LogP contribution in [0.5, 0.6) is 0 Å². The molecule has 1 amide bonds. The molecule has 0 aliphatic rings. The SMILES string of the molecule is CC(C)[C@@H](N)C(=O)Nc1cc(C(=O)O)cc(C(=O)O)c1. The van der Waals surface area contributed by atoms with Crippen LogP contribution in [-0.2, 0) is 4.79 Å². The number of nitrogens with two attached hydrogens (primary N) is 1. The summed E-state index contributed by atoms with van der Waals surface area (Å²) >= 11 is 0. The van der Waals surface area contributed by atoms with Gasteiger partial charge >= 0.3 is 11.9 Å². The van der Waals surface area contributed by atoms with Crippen molar-refractivity contribution in [1.82, 2.24) is 0 Å². The normalized spacial score (nSPS) is 12.0. The molecule has 1 aromatic rings. The lowest BCUT2D eigenvalue weighted by Crippen LogP contribution is -2.39. The molecule has 0 fully saturated rings. The van der Waals surface area contributed by atoms with Crippen molar-refractivity contribution in [1.29, 1.82) is 0 Å². The lowest BCUT2D eigenvalue weighted by molar-refractivity contribution is -0.118.